The predicted molar refractivity (Wildman–Crippen MR) is 118 cm³/mol. The van der Waals surface area contributed by atoms with Gasteiger partial charge in [-0.2, -0.15) is 18.2 Å². The number of aromatic nitrogens is 2. The lowest BCUT2D eigenvalue weighted by Crippen LogP contribution is -2.17. The van der Waals surface area contributed by atoms with Crippen molar-refractivity contribution in [3.05, 3.63) is 48.0 Å². The molecule has 1 heterocycles. The minimum atomic E-state index is -4.60. The molecule has 0 aliphatic heterocycles. The highest BCUT2D eigenvalue weighted by Gasteiger charge is 2.35. The molecule has 1 aromatic heterocycles. The molecule has 34 heavy (non-hydrogen) atoms. The number of hydrogen-bond acceptors (Lipinski definition) is 6. The van der Waals surface area contributed by atoms with Crippen LogP contribution in [0.15, 0.2) is 47.0 Å². The molecule has 2 atom stereocenters. The molecule has 7 nitrogen and oxygen atoms in total. The highest BCUT2D eigenvalue weighted by Crippen LogP contribution is 2.39. The molecule has 10 heteroatoms. The van der Waals surface area contributed by atoms with Crippen molar-refractivity contribution in [1.82, 2.24) is 10.1 Å². The standard InChI is InChI=1S/C24H24F3N3O4/c1-13(2)33-20-10-6-15(12-19(20)24(25,26)27)21-29-22(34-30-21)14-3-7-17(8-4-14)28-18-9-5-16(11-18)23(31)32/h3-4,6-8,10,12-13,16,18,28H,5,9,11H2,1-2H3,(H,31,32)/t16-,18?/m1/s1. The van der Waals surface area contributed by atoms with Gasteiger partial charge in [0.15, 0.2) is 0 Å². The van der Waals surface area contributed by atoms with Crippen molar-refractivity contribution in [3.63, 3.8) is 0 Å². The maximum atomic E-state index is 13.5. The second kappa shape index (κ2) is 9.36. The van der Waals surface area contributed by atoms with Crippen molar-refractivity contribution < 1.29 is 32.3 Å². The van der Waals surface area contributed by atoms with E-state index in [-0.39, 0.29) is 35.0 Å². The maximum Gasteiger partial charge on any atom is 0.419 e. The Balaban J connectivity index is 1.50. The Bertz CT molecular complexity index is 1160. The van der Waals surface area contributed by atoms with Gasteiger partial charge in [0, 0.05) is 22.9 Å². The van der Waals surface area contributed by atoms with Crippen LogP contribution in [-0.4, -0.2) is 33.4 Å². The molecule has 0 spiro atoms. The lowest BCUT2D eigenvalue weighted by Gasteiger charge is -2.16. The number of halogens is 3. The normalized spacial score (nSPS) is 18.3. The number of carboxylic acid groups (broad SMARTS) is 1. The third-order valence-corrected chi connectivity index (χ3v) is 5.62. The van der Waals surface area contributed by atoms with Gasteiger partial charge in [0.2, 0.25) is 5.82 Å². The monoisotopic (exact) mass is 475 g/mol. The molecule has 1 aliphatic rings. The topological polar surface area (TPSA) is 97.5 Å². The smallest absolute Gasteiger partial charge is 0.419 e. The van der Waals surface area contributed by atoms with Gasteiger partial charge in [-0.05, 0) is 75.6 Å². The van der Waals surface area contributed by atoms with E-state index in [0.717, 1.165) is 18.2 Å². The van der Waals surface area contributed by atoms with Crippen LogP contribution in [-0.2, 0) is 11.0 Å². The van der Waals surface area contributed by atoms with Gasteiger partial charge in [-0.1, -0.05) is 5.16 Å². The molecule has 4 rings (SSSR count). The predicted octanol–water partition coefficient (Wildman–Crippen LogP) is 5.87. The molecule has 180 valence electrons. The first-order valence-corrected chi connectivity index (χ1v) is 10.9. The summed E-state index contributed by atoms with van der Waals surface area (Å²) in [6.45, 7) is 3.31. The van der Waals surface area contributed by atoms with E-state index in [1.165, 1.54) is 12.1 Å². The van der Waals surface area contributed by atoms with Gasteiger partial charge in [-0.25, -0.2) is 0 Å². The fourth-order valence-electron chi connectivity index (χ4n) is 3.99. The number of rotatable bonds is 7. The number of hydrogen-bond donors (Lipinski definition) is 2. The summed E-state index contributed by atoms with van der Waals surface area (Å²) in [5, 5.41) is 16.3. The van der Waals surface area contributed by atoms with Gasteiger partial charge in [0.05, 0.1) is 17.6 Å². The molecule has 1 fully saturated rings. The first kappa shape index (κ1) is 23.6. The number of aliphatic carboxylic acids is 1. The van der Waals surface area contributed by atoms with Crippen LogP contribution >= 0.6 is 0 Å². The SMILES string of the molecule is CC(C)Oc1ccc(-c2noc(-c3ccc(NC4CC[C@@H](C(=O)O)C4)cc3)n2)cc1C(F)(F)F. The summed E-state index contributed by atoms with van der Waals surface area (Å²) in [5.74, 6) is -1.14. The molecule has 1 aliphatic carbocycles. The van der Waals surface area contributed by atoms with E-state index in [0.29, 0.717) is 18.4 Å². The zero-order valence-corrected chi connectivity index (χ0v) is 18.6. The van der Waals surface area contributed by atoms with Crippen LogP contribution in [0.2, 0.25) is 0 Å². The average molecular weight is 475 g/mol. The molecule has 1 saturated carbocycles. The van der Waals surface area contributed by atoms with E-state index in [1.807, 2.05) is 12.1 Å². The molecule has 0 bridgehead atoms. The fraction of sp³-hybridized carbons (Fsp3) is 0.375. The van der Waals surface area contributed by atoms with Crippen molar-refractivity contribution in [2.24, 2.45) is 5.92 Å². The third kappa shape index (κ3) is 5.32. The highest BCUT2D eigenvalue weighted by molar-refractivity contribution is 5.70. The summed E-state index contributed by atoms with van der Waals surface area (Å²) in [6, 6.07) is 10.9. The maximum absolute atomic E-state index is 13.5. The van der Waals surface area contributed by atoms with E-state index < -0.39 is 23.8 Å². The summed E-state index contributed by atoms with van der Waals surface area (Å²) < 4.78 is 51.2. The summed E-state index contributed by atoms with van der Waals surface area (Å²) in [5.41, 5.74) is 0.688. The van der Waals surface area contributed by atoms with Crippen LogP contribution in [0, 0.1) is 5.92 Å². The molecular weight excluding hydrogens is 451 g/mol. The lowest BCUT2D eigenvalue weighted by molar-refractivity contribution is -0.141. The number of nitrogens with zero attached hydrogens (tertiary/aromatic N) is 2. The van der Waals surface area contributed by atoms with Crippen molar-refractivity contribution in [2.75, 3.05) is 5.32 Å². The summed E-state index contributed by atoms with van der Waals surface area (Å²) in [6.07, 6.45) is -3.00. The van der Waals surface area contributed by atoms with E-state index in [2.05, 4.69) is 15.5 Å². The molecule has 0 radical (unpaired) electrons. The van der Waals surface area contributed by atoms with Gasteiger partial charge >= 0.3 is 12.1 Å². The molecule has 0 saturated heterocycles. The highest BCUT2D eigenvalue weighted by atomic mass is 19.4. The van der Waals surface area contributed by atoms with Crippen molar-refractivity contribution in [3.8, 4) is 28.6 Å². The van der Waals surface area contributed by atoms with Crippen molar-refractivity contribution in [2.45, 2.75) is 51.4 Å². The Labute approximate surface area is 193 Å². The lowest BCUT2D eigenvalue weighted by atomic mass is 10.1. The Kier molecular flexibility index (Phi) is 6.49. The van der Waals surface area contributed by atoms with Gasteiger partial charge < -0.3 is 19.7 Å². The van der Waals surface area contributed by atoms with Crippen LogP contribution in [0.1, 0.15) is 38.7 Å². The molecule has 2 aromatic carbocycles. The van der Waals surface area contributed by atoms with E-state index in [4.69, 9.17) is 14.4 Å². The second-order valence-electron chi connectivity index (χ2n) is 8.57. The molecule has 2 N–H and O–H groups in total. The van der Waals surface area contributed by atoms with Crippen LogP contribution in [0.3, 0.4) is 0 Å². The molecular formula is C24H24F3N3O4. The summed E-state index contributed by atoms with van der Waals surface area (Å²) >= 11 is 0. The van der Waals surface area contributed by atoms with Gasteiger partial charge in [0.25, 0.3) is 5.89 Å². The van der Waals surface area contributed by atoms with Crippen LogP contribution in [0.4, 0.5) is 18.9 Å². The first-order chi connectivity index (χ1) is 16.1. The zero-order chi connectivity index (χ0) is 24.5. The number of nitrogens with one attached hydrogen (secondary N) is 1. The summed E-state index contributed by atoms with van der Waals surface area (Å²) in [4.78, 5) is 15.4. The minimum absolute atomic E-state index is 0.0319. The number of benzene rings is 2. The number of anilines is 1. The van der Waals surface area contributed by atoms with Gasteiger partial charge in [-0.15, -0.1) is 0 Å². The van der Waals surface area contributed by atoms with Crippen molar-refractivity contribution in [1.29, 1.82) is 0 Å². The molecule has 0 amide bonds. The van der Waals surface area contributed by atoms with Crippen LogP contribution < -0.4 is 10.1 Å². The summed E-state index contributed by atoms with van der Waals surface area (Å²) in [7, 11) is 0. The third-order valence-electron chi connectivity index (χ3n) is 5.62. The van der Waals surface area contributed by atoms with Gasteiger partial charge in [-0.3, -0.25) is 4.79 Å². The van der Waals surface area contributed by atoms with Crippen LogP contribution in [0.5, 0.6) is 5.75 Å². The number of alkyl halides is 3. The largest absolute Gasteiger partial charge is 0.490 e. The van der Waals surface area contributed by atoms with Gasteiger partial charge in [0.1, 0.15) is 5.75 Å². The van der Waals surface area contributed by atoms with E-state index >= 15 is 0 Å². The molecule has 1 unspecified atom stereocenters. The zero-order valence-electron chi connectivity index (χ0n) is 18.6. The Hall–Kier alpha value is -3.56. The average Bonchev–Trinajstić information content (AvgIpc) is 3.44. The Morgan fingerprint density at radius 1 is 1.15 bits per heavy atom. The molecule has 3 aromatic rings. The van der Waals surface area contributed by atoms with E-state index in [1.54, 1.807) is 26.0 Å². The quantitative estimate of drug-likeness (QED) is 0.441. The Morgan fingerprint density at radius 2 is 1.85 bits per heavy atom. The minimum Gasteiger partial charge on any atom is -0.490 e. The number of carbonyl (C=O) groups is 1. The van der Waals surface area contributed by atoms with E-state index in [9.17, 15) is 18.0 Å². The fourth-order valence-corrected chi connectivity index (χ4v) is 3.99. The number of ether oxygens (including phenoxy) is 1. The Morgan fingerprint density at radius 3 is 2.47 bits per heavy atom. The van der Waals surface area contributed by atoms with Crippen molar-refractivity contribution >= 4 is 11.7 Å². The van der Waals surface area contributed by atoms with Crippen LogP contribution in [0.25, 0.3) is 22.8 Å². The number of carboxylic acids is 1. The second-order valence-corrected chi connectivity index (χ2v) is 8.57. The first-order valence-electron chi connectivity index (χ1n) is 10.9.